The molecule has 0 unspecified atom stereocenters. The number of imidazole rings is 1. The van der Waals surface area contributed by atoms with E-state index >= 15 is 0 Å². The van der Waals surface area contributed by atoms with E-state index in [2.05, 4.69) is 44.1 Å². The molecule has 2 aliphatic rings. The maximum Gasteiger partial charge on any atom is 0.333 e. The summed E-state index contributed by atoms with van der Waals surface area (Å²) < 4.78 is 51.9. The minimum Gasteiger partial charge on any atom is -0.493 e. The first-order chi connectivity index (χ1) is 25.2. The van der Waals surface area contributed by atoms with Crippen LogP contribution in [0.15, 0.2) is 96.6 Å². The third-order valence-electron chi connectivity index (χ3n) is 10.3. The second kappa shape index (κ2) is 15.3. The second-order valence-corrected chi connectivity index (χ2v) is 13.6. The molecule has 5 aromatic rings. The molecule has 2 aromatic heterocycles. The maximum absolute atomic E-state index is 15.0. The zero-order chi connectivity index (χ0) is 36.2. The lowest BCUT2D eigenvalue weighted by molar-refractivity contribution is -0.0206. The number of benzene rings is 3. The van der Waals surface area contributed by atoms with E-state index in [1.165, 1.54) is 18.5 Å². The first-order valence-corrected chi connectivity index (χ1v) is 17.9. The van der Waals surface area contributed by atoms with E-state index < -0.39 is 17.2 Å². The van der Waals surface area contributed by atoms with Gasteiger partial charge in [-0.05, 0) is 81.8 Å². The van der Waals surface area contributed by atoms with Crippen LogP contribution >= 0.6 is 0 Å². The Bertz CT molecular complexity index is 1980. The molecular formula is C39H45F2N7O4. The molecule has 2 fully saturated rings. The quantitative estimate of drug-likeness (QED) is 0.151. The van der Waals surface area contributed by atoms with Crippen LogP contribution in [-0.4, -0.2) is 76.0 Å². The van der Waals surface area contributed by atoms with Crippen LogP contribution in [0.1, 0.15) is 38.8 Å². The summed E-state index contributed by atoms with van der Waals surface area (Å²) in [4.78, 5) is 21.9. The van der Waals surface area contributed by atoms with Crippen molar-refractivity contribution >= 4 is 11.4 Å². The van der Waals surface area contributed by atoms with Gasteiger partial charge in [0.15, 0.2) is 0 Å². The van der Waals surface area contributed by atoms with Crippen molar-refractivity contribution in [1.82, 2.24) is 23.9 Å². The van der Waals surface area contributed by atoms with Gasteiger partial charge in [0.2, 0.25) is 0 Å². The fraction of sp³-hybridized carbons (Fsp3) is 0.410. The number of aromatic nitrogens is 5. The Labute approximate surface area is 302 Å². The van der Waals surface area contributed by atoms with Gasteiger partial charge < -0.3 is 24.0 Å². The topological polar surface area (TPSA) is 91.8 Å². The molecule has 2 aliphatic heterocycles. The van der Waals surface area contributed by atoms with Crippen LogP contribution in [0.4, 0.5) is 20.2 Å². The van der Waals surface area contributed by atoms with Gasteiger partial charge in [0.25, 0.3) is 0 Å². The normalized spacial score (nSPS) is 20.3. The van der Waals surface area contributed by atoms with Crippen LogP contribution in [0.2, 0.25) is 0 Å². The number of hydrogen-bond donors (Lipinski definition) is 0. The molecule has 0 spiro atoms. The molecule has 2 saturated heterocycles. The van der Waals surface area contributed by atoms with E-state index in [1.807, 2.05) is 57.4 Å². The van der Waals surface area contributed by atoms with Crippen molar-refractivity contribution in [3.63, 3.8) is 0 Å². The summed E-state index contributed by atoms with van der Waals surface area (Å²) >= 11 is 0. The third-order valence-corrected chi connectivity index (χ3v) is 10.3. The summed E-state index contributed by atoms with van der Waals surface area (Å²) in [7, 11) is 0. The average Bonchev–Trinajstić information content (AvgIpc) is 3.92. The Kier molecular flexibility index (Phi) is 10.4. The smallest absolute Gasteiger partial charge is 0.333 e. The monoisotopic (exact) mass is 713 g/mol. The Hall–Kier alpha value is -5.01. The van der Waals surface area contributed by atoms with Gasteiger partial charge in [-0.1, -0.05) is 6.07 Å². The molecular weight excluding hydrogens is 668 g/mol. The fourth-order valence-electron chi connectivity index (χ4n) is 7.33. The van der Waals surface area contributed by atoms with E-state index in [4.69, 9.17) is 14.2 Å². The summed E-state index contributed by atoms with van der Waals surface area (Å²) in [5, 5.41) is 4.19. The van der Waals surface area contributed by atoms with E-state index in [9.17, 15) is 13.6 Å². The van der Waals surface area contributed by atoms with Gasteiger partial charge in [0, 0.05) is 74.1 Å². The van der Waals surface area contributed by atoms with Gasteiger partial charge in [-0.2, -0.15) is 5.10 Å². The predicted octanol–water partition coefficient (Wildman–Crippen LogP) is 5.83. The Morgan fingerprint density at radius 1 is 0.923 bits per heavy atom. The largest absolute Gasteiger partial charge is 0.493 e. The van der Waals surface area contributed by atoms with E-state index in [1.54, 1.807) is 20.1 Å². The second-order valence-electron chi connectivity index (χ2n) is 13.6. The van der Waals surface area contributed by atoms with Crippen molar-refractivity contribution in [3.8, 4) is 11.4 Å². The number of nitrogens with zero attached hydrogens (tertiary/aromatic N) is 7. The van der Waals surface area contributed by atoms with Crippen LogP contribution < -0.4 is 20.2 Å². The molecule has 7 rings (SSSR count). The van der Waals surface area contributed by atoms with E-state index in [0.717, 1.165) is 55.1 Å². The molecule has 11 nitrogen and oxygen atoms in total. The lowest BCUT2D eigenvalue weighted by Crippen LogP contribution is -2.46. The highest BCUT2D eigenvalue weighted by Crippen LogP contribution is 2.42. The lowest BCUT2D eigenvalue weighted by atomic mass is 9.87. The molecule has 0 amide bonds. The maximum atomic E-state index is 15.0. The molecule has 0 N–H and O–H groups in total. The number of anilines is 2. The zero-order valence-corrected chi connectivity index (χ0v) is 29.8. The summed E-state index contributed by atoms with van der Waals surface area (Å²) in [5.74, 6) is -0.534. The van der Waals surface area contributed by atoms with Gasteiger partial charge in [-0.25, -0.2) is 23.2 Å². The molecule has 0 radical (unpaired) electrons. The van der Waals surface area contributed by atoms with Crippen LogP contribution in [-0.2, 0) is 21.6 Å². The molecule has 0 saturated carbocycles. The molecule has 274 valence electrons. The molecule has 4 heterocycles. The van der Waals surface area contributed by atoms with Crippen molar-refractivity contribution in [3.05, 3.63) is 119 Å². The molecule has 3 aromatic carbocycles. The number of rotatable bonds is 13. The van der Waals surface area contributed by atoms with Crippen LogP contribution in [0.25, 0.3) is 5.69 Å². The average molecular weight is 714 g/mol. The van der Waals surface area contributed by atoms with Crippen LogP contribution in [0, 0.1) is 17.6 Å². The number of piperazine rings is 1. The summed E-state index contributed by atoms with van der Waals surface area (Å²) in [6.07, 6.45) is 7.05. The Balaban J connectivity index is 0.916. The highest BCUT2D eigenvalue weighted by molar-refractivity contribution is 5.55. The highest BCUT2D eigenvalue weighted by atomic mass is 19.1. The van der Waals surface area contributed by atoms with Crippen molar-refractivity contribution < 1.29 is 23.0 Å². The van der Waals surface area contributed by atoms with E-state index in [0.29, 0.717) is 31.8 Å². The predicted molar refractivity (Wildman–Crippen MR) is 194 cm³/mol. The molecule has 4 atom stereocenters. The molecule has 0 aliphatic carbocycles. The van der Waals surface area contributed by atoms with Crippen molar-refractivity contribution in [2.75, 3.05) is 55.8 Å². The van der Waals surface area contributed by atoms with Gasteiger partial charge >= 0.3 is 5.69 Å². The van der Waals surface area contributed by atoms with Crippen molar-refractivity contribution in [2.45, 2.75) is 51.5 Å². The van der Waals surface area contributed by atoms with Gasteiger partial charge in [0.1, 0.15) is 35.6 Å². The SMILES string of the molecule is CCO[C@@H](C)[C@H](C)n1ccn(-c2ccc(N3CCN(c4ccc(OC[C@@H]5CO[C@@](Cn6cncn6)(c6ccc(F)cc6F)C5)cc4)CC3)cc2)c1=O. The van der Waals surface area contributed by atoms with Gasteiger partial charge in [-0.15, -0.1) is 0 Å². The van der Waals surface area contributed by atoms with Crippen molar-refractivity contribution in [1.29, 1.82) is 0 Å². The van der Waals surface area contributed by atoms with E-state index in [-0.39, 0.29) is 30.3 Å². The zero-order valence-electron chi connectivity index (χ0n) is 29.8. The third kappa shape index (κ3) is 7.47. The standard InChI is InChI=1S/C39H45F2N7O4/c1-4-50-29(3)28(2)47-19-20-48(38(47)49)34-8-6-32(7-9-34)44-15-17-45(18-16-44)33-10-12-35(13-11-33)51-23-30-22-39(52-24-30,25-46-27-42-26-43-46)36-14-5-31(40)21-37(36)41/h5-14,19-21,26-30H,4,15-18,22-25H2,1-3H3/t28-,29-,30+,39-/m0/s1. The Morgan fingerprint density at radius 2 is 1.60 bits per heavy atom. The number of ether oxygens (including phenoxy) is 3. The highest BCUT2D eigenvalue weighted by Gasteiger charge is 2.44. The van der Waals surface area contributed by atoms with Crippen LogP contribution in [0.3, 0.4) is 0 Å². The summed E-state index contributed by atoms with van der Waals surface area (Å²) in [6.45, 7) is 11.0. The van der Waals surface area contributed by atoms with Gasteiger partial charge in [0.05, 0.1) is 37.6 Å². The fourth-order valence-corrected chi connectivity index (χ4v) is 7.33. The first-order valence-electron chi connectivity index (χ1n) is 17.9. The van der Waals surface area contributed by atoms with Gasteiger partial charge in [-0.3, -0.25) is 9.13 Å². The minimum atomic E-state index is -1.01. The first kappa shape index (κ1) is 35.4. The molecule has 0 bridgehead atoms. The molecule has 52 heavy (non-hydrogen) atoms. The Morgan fingerprint density at radius 3 is 2.23 bits per heavy atom. The summed E-state index contributed by atoms with van der Waals surface area (Å²) in [6, 6.07) is 19.8. The number of hydrogen-bond acceptors (Lipinski definition) is 8. The minimum absolute atomic E-state index is 0.00467. The van der Waals surface area contributed by atoms with Crippen molar-refractivity contribution in [2.24, 2.45) is 5.92 Å². The van der Waals surface area contributed by atoms with Crippen LogP contribution in [0.5, 0.6) is 5.75 Å². The number of halogens is 2. The molecule has 13 heteroatoms. The lowest BCUT2D eigenvalue weighted by Gasteiger charge is -2.37. The summed E-state index contributed by atoms with van der Waals surface area (Å²) in [5.41, 5.74) is 2.29.